The van der Waals surface area contributed by atoms with Gasteiger partial charge in [-0.1, -0.05) is 19.1 Å². The topological polar surface area (TPSA) is 43.1 Å². The highest BCUT2D eigenvalue weighted by Gasteiger charge is 2.30. The lowest BCUT2D eigenvalue weighted by Gasteiger charge is -2.14. The molecule has 0 spiro atoms. The molecule has 0 saturated heterocycles. The van der Waals surface area contributed by atoms with Crippen LogP contribution in [0.4, 0.5) is 13.2 Å². The summed E-state index contributed by atoms with van der Waals surface area (Å²) in [5.41, 5.74) is 5.11. The number of rotatable bonds is 4. The highest BCUT2D eigenvalue weighted by Crippen LogP contribution is 2.31. The van der Waals surface area contributed by atoms with Crippen molar-refractivity contribution < 1.29 is 18.0 Å². The van der Waals surface area contributed by atoms with Gasteiger partial charge in [-0.05, 0) is 30.0 Å². The number of carbonyl (C=O) groups is 1. The van der Waals surface area contributed by atoms with Crippen LogP contribution in [0.1, 0.15) is 36.8 Å². The Morgan fingerprint density at radius 3 is 2.18 bits per heavy atom. The first-order valence-electron chi connectivity index (χ1n) is 5.30. The Labute approximate surface area is 97.6 Å². The summed E-state index contributed by atoms with van der Waals surface area (Å²) in [6.07, 6.45) is -3.51. The number of hydrogen-bond donors (Lipinski definition) is 1. The van der Waals surface area contributed by atoms with E-state index in [4.69, 9.17) is 5.73 Å². The molecule has 2 N–H and O–H groups in total. The minimum absolute atomic E-state index is 0.116. The molecule has 1 amide bonds. The minimum Gasteiger partial charge on any atom is -0.370 e. The summed E-state index contributed by atoms with van der Waals surface area (Å²) in [5.74, 6) is -0.563. The van der Waals surface area contributed by atoms with Crippen molar-refractivity contribution in [3.8, 4) is 0 Å². The molecule has 0 saturated carbocycles. The normalized spacial score (nSPS) is 13.4. The first-order valence-corrected chi connectivity index (χ1v) is 5.30. The molecule has 0 bridgehead atoms. The zero-order valence-corrected chi connectivity index (χ0v) is 9.42. The van der Waals surface area contributed by atoms with Crippen LogP contribution < -0.4 is 5.73 Å². The molecule has 1 aromatic rings. The van der Waals surface area contributed by atoms with Crippen molar-refractivity contribution in [1.82, 2.24) is 0 Å². The third-order valence-corrected chi connectivity index (χ3v) is 2.65. The summed E-state index contributed by atoms with van der Waals surface area (Å²) in [6, 6.07) is 4.86. The number of nitrogens with two attached hydrogens (primary N) is 1. The predicted octanol–water partition coefficient (Wildman–Crippen LogP) is 3.07. The van der Waals surface area contributed by atoms with Crippen LogP contribution in [0.3, 0.4) is 0 Å². The Morgan fingerprint density at radius 2 is 1.82 bits per heavy atom. The Morgan fingerprint density at radius 1 is 1.29 bits per heavy atom. The number of primary amides is 1. The summed E-state index contributed by atoms with van der Waals surface area (Å²) >= 11 is 0. The Hall–Kier alpha value is -1.52. The molecule has 5 heteroatoms. The Kier molecular flexibility index (Phi) is 4.15. The van der Waals surface area contributed by atoms with Gasteiger partial charge < -0.3 is 5.73 Å². The fraction of sp³-hybridized carbons (Fsp3) is 0.417. The summed E-state index contributed by atoms with van der Waals surface area (Å²) in [7, 11) is 0. The lowest BCUT2D eigenvalue weighted by molar-refractivity contribution is -0.137. The second kappa shape index (κ2) is 5.21. The second-order valence-electron chi connectivity index (χ2n) is 3.90. The largest absolute Gasteiger partial charge is 0.416 e. The van der Waals surface area contributed by atoms with Crippen LogP contribution in [0.15, 0.2) is 24.3 Å². The van der Waals surface area contributed by atoms with Crippen molar-refractivity contribution in [1.29, 1.82) is 0 Å². The highest BCUT2D eigenvalue weighted by atomic mass is 19.4. The number of alkyl halides is 3. The van der Waals surface area contributed by atoms with Crippen LogP contribution in [0.5, 0.6) is 0 Å². The van der Waals surface area contributed by atoms with Crippen molar-refractivity contribution in [2.75, 3.05) is 0 Å². The second-order valence-corrected chi connectivity index (χ2v) is 3.90. The van der Waals surface area contributed by atoms with Crippen LogP contribution in [0.25, 0.3) is 0 Å². The van der Waals surface area contributed by atoms with Gasteiger partial charge in [0.1, 0.15) is 0 Å². The van der Waals surface area contributed by atoms with Crippen LogP contribution in [0, 0.1) is 0 Å². The molecular weight excluding hydrogens is 231 g/mol. The first kappa shape index (κ1) is 13.5. The van der Waals surface area contributed by atoms with E-state index in [9.17, 15) is 18.0 Å². The van der Waals surface area contributed by atoms with E-state index < -0.39 is 17.6 Å². The van der Waals surface area contributed by atoms with Gasteiger partial charge in [0.05, 0.1) is 5.56 Å². The average molecular weight is 245 g/mol. The van der Waals surface area contributed by atoms with Crippen molar-refractivity contribution in [2.24, 2.45) is 5.73 Å². The molecule has 0 aliphatic carbocycles. The maximum Gasteiger partial charge on any atom is 0.416 e. The molecule has 0 heterocycles. The monoisotopic (exact) mass is 245 g/mol. The lowest BCUT2D eigenvalue weighted by atomic mass is 9.92. The minimum atomic E-state index is -4.33. The lowest BCUT2D eigenvalue weighted by Crippen LogP contribution is -2.15. The van der Waals surface area contributed by atoms with Crippen molar-refractivity contribution in [2.45, 2.75) is 31.9 Å². The molecule has 1 atom stereocenters. The molecule has 0 radical (unpaired) electrons. The van der Waals surface area contributed by atoms with Gasteiger partial charge in [0, 0.05) is 6.42 Å². The van der Waals surface area contributed by atoms with E-state index >= 15 is 0 Å². The maximum absolute atomic E-state index is 12.3. The molecule has 0 aromatic heterocycles. The summed E-state index contributed by atoms with van der Waals surface area (Å²) in [4.78, 5) is 10.8. The molecule has 1 aromatic carbocycles. The zero-order chi connectivity index (χ0) is 13.1. The quantitative estimate of drug-likeness (QED) is 0.870. The van der Waals surface area contributed by atoms with Gasteiger partial charge in [-0.25, -0.2) is 0 Å². The van der Waals surface area contributed by atoms with Crippen LogP contribution in [-0.2, 0) is 11.0 Å². The van der Waals surface area contributed by atoms with Crippen molar-refractivity contribution in [3.63, 3.8) is 0 Å². The van der Waals surface area contributed by atoms with Crippen molar-refractivity contribution in [3.05, 3.63) is 35.4 Å². The third-order valence-electron chi connectivity index (χ3n) is 2.65. The molecule has 2 nitrogen and oxygen atoms in total. The van der Waals surface area contributed by atoms with Gasteiger partial charge in [0.25, 0.3) is 0 Å². The summed E-state index contributed by atoms with van der Waals surface area (Å²) in [6.45, 7) is 1.87. The molecule has 0 aliphatic heterocycles. The maximum atomic E-state index is 12.3. The van der Waals surface area contributed by atoms with E-state index in [1.165, 1.54) is 12.1 Å². The third kappa shape index (κ3) is 3.76. The average Bonchev–Trinajstić information content (AvgIpc) is 2.24. The van der Waals surface area contributed by atoms with Gasteiger partial charge in [0.15, 0.2) is 0 Å². The van der Waals surface area contributed by atoms with E-state index in [1.807, 2.05) is 6.92 Å². The van der Waals surface area contributed by atoms with Crippen LogP contribution in [-0.4, -0.2) is 5.91 Å². The Balaban J connectivity index is 2.89. The predicted molar refractivity (Wildman–Crippen MR) is 58.3 cm³/mol. The molecule has 94 valence electrons. The van der Waals surface area contributed by atoms with Gasteiger partial charge in [0.2, 0.25) is 5.91 Å². The standard InChI is InChI=1S/C12H14F3NO/c1-2-8(7-11(16)17)9-3-5-10(6-4-9)12(13,14)15/h3-6,8H,2,7H2,1H3,(H2,16,17)/t8-/m0/s1. The van der Waals surface area contributed by atoms with E-state index in [0.29, 0.717) is 12.0 Å². The van der Waals surface area contributed by atoms with E-state index in [0.717, 1.165) is 12.1 Å². The van der Waals surface area contributed by atoms with Gasteiger partial charge in [-0.3, -0.25) is 4.79 Å². The first-order chi connectivity index (χ1) is 7.84. The number of halogens is 3. The summed E-state index contributed by atoms with van der Waals surface area (Å²) < 4.78 is 37.0. The van der Waals surface area contributed by atoms with E-state index in [1.54, 1.807) is 0 Å². The van der Waals surface area contributed by atoms with Crippen LogP contribution in [0.2, 0.25) is 0 Å². The Bertz CT molecular complexity index is 384. The van der Waals surface area contributed by atoms with Gasteiger partial charge >= 0.3 is 6.18 Å². The fourth-order valence-electron chi connectivity index (χ4n) is 1.69. The fourth-order valence-corrected chi connectivity index (χ4v) is 1.69. The van der Waals surface area contributed by atoms with Gasteiger partial charge in [-0.2, -0.15) is 13.2 Å². The number of carbonyl (C=O) groups excluding carboxylic acids is 1. The molecule has 0 aliphatic rings. The molecular formula is C12H14F3NO. The van der Waals surface area contributed by atoms with E-state index in [2.05, 4.69) is 0 Å². The molecule has 1 rings (SSSR count). The van der Waals surface area contributed by atoms with E-state index in [-0.39, 0.29) is 12.3 Å². The number of amides is 1. The zero-order valence-electron chi connectivity index (χ0n) is 9.42. The number of benzene rings is 1. The van der Waals surface area contributed by atoms with Crippen LogP contribution >= 0.6 is 0 Å². The SMILES string of the molecule is CC[C@@H](CC(N)=O)c1ccc(C(F)(F)F)cc1. The highest BCUT2D eigenvalue weighted by molar-refractivity contribution is 5.74. The molecule has 0 unspecified atom stereocenters. The smallest absolute Gasteiger partial charge is 0.370 e. The summed E-state index contributed by atoms with van der Waals surface area (Å²) in [5, 5.41) is 0. The number of hydrogen-bond acceptors (Lipinski definition) is 1. The molecule has 17 heavy (non-hydrogen) atoms. The molecule has 0 fully saturated rings. The van der Waals surface area contributed by atoms with Crippen molar-refractivity contribution >= 4 is 5.91 Å². The van der Waals surface area contributed by atoms with Gasteiger partial charge in [-0.15, -0.1) is 0 Å².